The third kappa shape index (κ3) is 2.86. The number of hydrogen-bond acceptors (Lipinski definition) is 6. The van der Waals surface area contributed by atoms with Crippen LogP contribution >= 0.6 is 11.3 Å². The van der Waals surface area contributed by atoms with Crippen molar-refractivity contribution < 1.29 is 4.79 Å². The molecule has 0 spiro atoms. The van der Waals surface area contributed by atoms with E-state index in [2.05, 4.69) is 33.8 Å². The maximum absolute atomic E-state index is 12.8. The van der Waals surface area contributed by atoms with Crippen LogP contribution in [0.25, 0.3) is 10.8 Å². The van der Waals surface area contributed by atoms with Crippen molar-refractivity contribution in [1.82, 2.24) is 24.8 Å². The summed E-state index contributed by atoms with van der Waals surface area (Å²) in [6.07, 6.45) is 3.37. The van der Waals surface area contributed by atoms with Crippen molar-refractivity contribution in [2.24, 2.45) is 0 Å². The number of carbonyl (C=O) groups is 1. The van der Waals surface area contributed by atoms with Crippen LogP contribution in [-0.2, 0) is 0 Å². The Kier molecular flexibility index (Phi) is 4.17. The Bertz CT molecular complexity index is 672. The van der Waals surface area contributed by atoms with Crippen LogP contribution in [0.4, 0.5) is 0 Å². The van der Waals surface area contributed by atoms with Gasteiger partial charge >= 0.3 is 0 Å². The summed E-state index contributed by atoms with van der Waals surface area (Å²) in [6.45, 7) is 6.52. The van der Waals surface area contributed by atoms with Gasteiger partial charge < -0.3 is 9.80 Å². The van der Waals surface area contributed by atoms with Gasteiger partial charge in [-0.2, -0.15) is 0 Å². The monoisotopic (exact) mass is 317 g/mol. The Labute approximate surface area is 133 Å². The number of likely N-dealkylation sites (N-methyl/N-ethyl adjacent to an activating group) is 1. The smallest absolute Gasteiger partial charge is 0.266 e. The molecule has 1 atom stereocenters. The van der Waals surface area contributed by atoms with E-state index in [9.17, 15) is 4.79 Å². The molecule has 1 aliphatic heterocycles. The third-order valence-corrected chi connectivity index (χ3v) is 4.98. The fourth-order valence-corrected chi connectivity index (χ4v) is 3.64. The number of hydrogen-bond donors (Lipinski definition) is 0. The van der Waals surface area contributed by atoms with Crippen LogP contribution in [0.15, 0.2) is 18.5 Å². The minimum Gasteiger partial charge on any atom is -0.333 e. The lowest BCUT2D eigenvalue weighted by Gasteiger charge is -2.38. The summed E-state index contributed by atoms with van der Waals surface area (Å²) in [7, 11) is 2.08. The Morgan fingerprint density at radius 2 is 2.05 bits per heavy atom. The summed E-state index contributed by atoms with van der Waals surface area (Å²) in [5.41, 5.74) is 0.753. The summed E-state index contributed by atoms with van der Waals surface area (Å²) in [5.74, 6) is 0.638. The van der Waals surface area contributed by atoms with E-state index >= 15 is 0 Å². The van der Waals surface area contributed by atoms with Gasteiger partial charge in [0.05, 0.1) is 5.69 Å². The Hall–Kier alpha value is -1.86. The van der Waals surface area contributed by atoms with E-state index in [1.807, 2.05) is 11.8 Å². The molecule has 0 N–H and O–H groups in total. The van der Waals surface area contributed by atoms with E-state index in [1.54, 1.807) is 18.5 Å². The molecule has 116 valence electrons. The van der Waals surface area contributed by atoms with Crippen molar-refractivity contribution in [3.63, 3.8) is 0 Å². The standard InChI is InChI=1S/C15H19N5OS/c1-10-9-19(3)7-8-20(10)15(21)12-11(2)18-14(22-12)13-16-5-4-6-17-13/h4-6,10H,7-9H2,1-3H3/t10-/m1/s1. The first-order chi connectivity index (χ1) is 10.6. The normalized spacial score (nSPS) is 19.4. The molecule has 6 nitrogen and oxygen atoms in total. The molecule has 2 aromatic heterocycles. The molecule has 0 radical (unpaired) electrons. The largest absolute Gasteiger partial charge is 0.333 e. The van der Waals surface area contributed by atoms with Crippen molar-refractivity contribution in [1.29, 1.82) is 0 Å². The predicted molar refractivity (Wildman–Crippen MR) is 85.9 cm³/mol. The van der Waals surface area contributed by atoms with Gasteiger partial charge in [0.1, 0.15) is 4.88 Å². The Morgan fingerprint density at radius 1 is 1.32 bits per heavy atom. The molecule has 0 bridgehead atoms. The lowest BCUT2D eigenvalue weighted by atomic mass is 10.2. The number of nitrogens with zero attached hydrogens (tertiary/aromatic N) is 5. The van der Waals surface area contributed by atoms with Crippen LogP contribution < -0.4 is 0 Å². The minimum absolute atomic E-state index is 0.0674. The molecule has 3 rings (SSSR count). The van der Waals surface area contributed by atoms with Crippen LogP contribution in [0.3, 0.4) is 0 Å². The topological polar surface area (TPSA) is 62.2 Å². The van der Waals surface area contributed by atoms with Crippen molar-refractivity contribution in [3.8, 4) is 10.8 Å². The molecule has 0 aliphatic carbocycles. The van der Waals surface area contributed by atoms with E-state index in [0.29, 0.717) is 15.7 Å². The molecular formula is C15H19N5OS. The fraction of sp³-hybridized carbons (Fsp3) is 0.467. The molecule has 22 heavy (non-hydrogen) atoms. The highest BCUT2D eigenvalue weighted by Gasteiger charge is 2.29. The van der Waals surface area contributed by atoms with Gasteiger partial charge in [0.25, 0.3) is 5.91 Å². The first-order valence-electron chi connectivity index (χ1n) is 7.30. The highest BCUT2D eigenvalue weighted by molar-refractivity contribution is 7.17. The van der Waals surface area contributed by atoms with Crippen LogP contribution in [-0.4, -0.2) is 63.4 Å². The average Bonchev–Trinajstić information content (AvgIpc) is 2.89. The number of piperazine rings is 1. The second-order valence-corrected chi connectivity index (χ2v) is 6.61. The lowest BCUT2D eigenvalue weighted by molar-refractivity contribution is 0.0537. The molecule has 7 heteroatoms. The average molecular weight is 317 g/mol. The van der Waals surface area contributed by atoms with Crippen molar-refractivity contribution >= 4 is 17.2 Å². The molecule has 1 amide bonds. The van der Waals surface area contributed by atoms with Crippen LogP contribution in [0, 0.1) is 6.92 Å². The van der Waals surface area contributed by atoms with Crippen LogP contribution in [0.1, 0.15) is 22.3 Å². The zero-order valence-electron chi connectivity index (χ0n) is 13.0. The van der Waals surface area contributed by atoms with Gasteiger partial charge in [0.2, 0.25) is 0 Å². The molecule has 1 saturated heterocycles. The highest BCUT2D eigenvalue weighted by Crippen LogP contribution is 2.27. The summed E-state index contributed by atoms with van der Waals surface area (Å²) < 4.78 is 0. The second-order valence-electron chi connectivity index (χ2n) is 5.62. The molecule has 1 fully saturated rings. The van der Waals surface area contributed by atoms with Crippen molar-refractivity contribution in [3.05, 3.63) is 29.0 Å². The highest BCUT2D eigenvalue weighted by atomic mass is 32.1. The quantitative estimate of drug-likeness (QED) is 0.843. The maximum Gasteiger partial charge on any atom is 0.266 e. The van der Waals surface area contributed by atoms with Gasteiger partial charge in [0.15, 0.2) is 10.8 Å². The molecule has 2 aromatic rings. The van der Waals surface area contributed by atoms with Crippen LogP contribution in [0.2, 0.25) is 0 Å². The lowest BCUT2D eigenvalue weighted by Crippen LogP contribution is -2.52. The van der Waals surface area contributed by atoms with Gasteiger partial charge in [-0.3, -0.25) is 4.79 Å². The maximum atomic E-state index is 12.8. The first kappa shape index (κ1) is 15.1. The van der Waals surface area contributed by atoms with Gasteiger partial charge in [-0.05, 0) is 27.0 Å². The molecular weight excluding hydrogens is 298 g/mol. The van der Waals surface area contributed by atoms with Gasteiger partial charge in [-0.25, -0.2) is 15.0 Å². The van der Waals surface area contributed by atoms with E-state index in [-0.39, 0.29) is 11.9 Å². The second kappa shape index (κ2) is 6.10. The molecule has 0 saturated carbocycles. The summed E-state index contributed by atoms with van der Waals surface area (Å²) in [4.78, 5) is 30.6. The number of aromatic nitrogens is 3. The number of rotatable bonds is 2. The van der Waals surface area contributed by atoms with Crippen molar-refractivity contribution in [2.45, 2.75) is 19.9 Å². The Balaban J connectivity index is 1.86. The minimum atomic E-state index is 0.0674. The SMILES string of the molecule is Cc1nc(-c2ncccn2)sc1C(=O)N1CCN(C)C[C@H]1C. The van der Waals surface area contributed by atoms with Gasteiger partial charge in [-0.15, -0.1) is 11.3 Å². The predicted octanol–water partition coefficient (Wildman–Crippen LogP) is 1.68. The zero-order valence-corrected chi connectivity index (χ0v) is 13.8. The van der Waals surface area contributed by atoms with E-state index in [1.165, 1.54) is 11.3 Å². The number of thiazole rings is 1. The van der Waals surface area contributed by atoms with Crippen LogP contribution in [0.5, 0.6) is 0 Å². The van der Waals surface area contributed by atoms with Gasteiger partial charge in [-0.1, -0.05) is 0 Å². The summed E-state index contributed by atoms with van der Waals surface area (Å²) in [5, 5.41) is 0.697. The molecule has 0 unspecified atom stereocenters. The molecule has 0 aromatic carbocycles. The van der Waals surface area contributed by atoms with E-state index in [4.69, 9.17) is 0 Å². The molecule has 3 heterocycles. The number of amides is 1. The summed E-state index contributed by atoms with van der Waals surface area (Å²) in [6, 6.07) is 1.98. The third-order valence-electron chi connectivity index (χ3n) is 3.84. The first-order valence-corrected chi connectivity index (χ1v) is 8.12. The Morgan fingerprint density at radius 3 is 2.73 bits per heavy atom. The van der Waals surface area contributed by atoms with Crippen molar-refractivity contribution in [2.75, 3.05) is 26.7 Å². The zero-order chi connectivity index (χ0) is 15.7. The molecule has 1 aliphatic rings. The van der Waals surface area contributed by atoms with E-state index in [0.717, 1.165) is 25.3 Å². The number of aryl methyl sites for hydroxylation is 1. The fourth-order valence-electron chi connectivity index (χ4n) is 2.67. The van der Waals surface area contributed by atoms with E-state index < -0.39 is 0 Å². The number of carbonyl (C=O) groups excluding carboxylic acids is 1. The van der Waals surface area contributed by atoms with Gasteiger partial charge in [0, 0.05) is 38.1 Å². The summed E-state index contributed by atoms with van der Waals surface area (Å²) >= 11 is 1.38.